The number of sulfonamides is 1. The fourth-order valence-electron chi connectivity index (χ4n) is 2.91. The van der Waals surface area contributed by atoms with Crippen LogP contribution in [0.4, 0.5) is 9.18 Å². The number of nitrogens with zero attached hydrogens (tertiary/aromatic N) is 1. The molecule has 1 saturated heterocycles. The van der Waals surface area contributed by atoms with E-state index in [4.69, 9.17) is 0 Å². The minimum atomic E-state index is -3.16. The van der Waals surface area contributed by atoms with Crippen LogP contribution in [0.5, 0.6) is 0 Å². The first-order valence-corrected chi connectivity index (χ1v) is 10.3. The second-order valence-corrected chi connectivity index (χ2v) is 8.32. The Balaban J connectivity index is 1.69. The average molecular weight is 371 g/mol. The highest BCUT2D eigenvalue weighted by Crippen LogP contribution is 2.15. The molecule has 8 heteroatoms. The number of amides is 2. The first kappa shape index (κ1) is 19.7. The van der Waals surface area contributed by atoms with Gasteiger partial charge in [-0.2, -0.15) is 0 Å². The van der Waals surface area contributed by atoms with Crippen LogP contribution < -0.4 is 10.6 Å². The van der Waals surface area contributed by atoms with Crippen LogP contribution in [0, 0.1) is 5.82 Å². The van der Waals surface area contributed by atoms with Crippen LogP contribution >= 0.6 is 0 Å². The van der Waals surface area contributed by atoms with Gasteiger partial charge in [0, 0.05) is 25.7 Å². The van der Waals surface area contributed by atoms with Crippen LogP contribution in [0.25, 0.3) is 0 Å². The summed E-state index contributed by atoms with van der Waals surface area (Å²) in [5.74, 6) is -0.105. The zero-order chi connectivity index (χ0) is 18.3. The minimum Gasteiger partial charge on any atom is -0.338 e. The third-order valence-corrected chi connectivity index (χ3v) is 6.36. The van der Waals surface area contributed by atoms with Gasteiger partial charge < -0.3 is 10.6 Å². The SMILES string of the molecule is CCCS(=O)(=O)N1CCC(NC(=O)NCCc2ccccc2F)CC1. The molecule has 25 heavy (non-hydrogen) atoms. The highest BCUT2D eigenvalue weighted by molar-refractivity contribution is 7.89. The molecule has 1 fully saturated rings. The normalized spacial score (nSPS) is 16.6. The third kappa shape index (κ3) is 5.97. The Hall–Kier alpha value is -1.67. The Morgan fingerprint density at radius 1 is 1.28 bits per heavy atom. The van der Waals surface area contributed by atoms with E-state index in [-0.39, 0.29) is 23.6 Å². The van der Waals surface area contributed by atoms with Crippen molar-refractivity contribution in [2.75, 3.05) is 25.4 Å². The fourth-order valence-corrected chi connectivity index (χ4v) is 4.45. The molecule has 0 aliphatic carbocycles. The summed E-state index contributed by atoms with van der Waals surface area (Å²) < 4.78 is 39.0. The zero-order valence-corrected chi connectivity index (χ0v) is 15.3. The molecule has 2 amide bonds. The molecular weight excluding hydrogens is 345 g/mol. The molecule has 1 aliphatic heterocycles. The molecule has 0 radical (unpaired) electrons. The molecule has 0 aromatic heterocycles. The van der Waals surface area contributed by atoms with E-state index in [0.717, 1.165) is 0 Å². The lowest BCUT2D eigenvalue weighted by Crippen LogP contribution is -2.49. The predicted octanol–water partition coefficient (Wildman–Crippen LogP) is 1.87. The molecule has 2 N–H and O–H groups in total. The van der Waals surface area contributed by atoms with Gasteiger partial charge in [0.15, 0.2) is 0 Å². The summed E-state index contributed by atoms with van der Waals surface area (Å²) >= 11 is 0. The van der Waals surface area contributed by atoms with Crippen LogP contribution in [0.15, 0.2) is 24.3 Å². The highest BCUT2D eigenvalue weighted by Gasteiger charge is 2.27. The molecule has 1 aromatic rings. The molecule has 1 heterocycles. The number of piperidine rings is 1. The molecule has 0 atom stereocenters. The van der Waals surface area contributed by atoms with Gasteiger partial charge in [-0.25, -0.2) is 21.9 Å². The first-order valence-electron chi connectivity index (χ1n) is 8.68. The summed E-state index contributed by atoms with van der Waals surface area (Å²) in [7, 11) is -3.16. The maximum atomic E-state index is 13.5. The molecule has 1 aromatic carbocycles. The number of urea groups is 1. The van der Waals surface area contributed by atoms with E-state index in [9.17, 15) is 17.6 Å². The zero-order valence-electron chi connectivity index (χ0n) is 14.5. The van der Waals surface area contributed by atoms with Crippen LogP contribution in [0.2, 0.25) is 0 Å². The standard InChI is InChI=1S/C17H26FN3O3S/c1-2-13-25(23,24)21-11-8-15(9-12-21)20-17(22)19-10-7-14-5-3-4-6-16(14)18/h3-6,15H,2,7-13H2,1H3,(H2,19,20,22). The van der Waals surface area contributed by atoms with Gasteiger partial charge in [-0.15, -0.1) is 0 Å². The van der Waals surface area contributed by atoms with Crippen molar-refractivity contribution in [1.82, 2.24) is 14.9 Å². The van der Waals surface area contributed by atoms with Crippen LogP contribution in [0.3, 0.4) is 0 Å². The second-order valence-electron chi connectivity index (χ2n) is 6.23. The first-order chi connectivity index (χ1) is 11.9. The van der Waals surface area contributed by atoms with Crippen molar-refractivity contribution in [2.45, 2.75) is 38.6 Å². The maximum absolute atomic E-state index is 13.5. The molecule has 0 bridgehead atoms. The minimum absolute atomic E-state index is 0.0402. The van der Waals surface area contributed by atoms with Crippen molar-refractivity contribution in [2.24, 2.45) is 0 Å². The molecule has 1 aliphatic rings. The summed E-state index contributed by atoms with van der Waals surface area (Å²) in [5, 5.41) is 5.58. The Kier molecular flexibility index (Phi) is 7.19. The van der Waals surface area contributed by atoms with Crippen molar-refractivity contribution in [3.63, 3.8) is 0 Å². The number of hydrogen-bond donors (Lipinski definition) is 2. The van der Waals surface area contributed by atoms with Crippen molar-refractivity contribution in [3.8, 4) is 0 Å². The molecule has 0 unspecified atom stereocenters. The Morgan fingerprint density at radius 2 is 1.96 bits per heavy atom. The number of carbonyl (C=O) groups is 1. The van der Waals surface area contributed by atoms with Gasteiger partial charge in [-0.05, 0) is 37.3 Å². The number of nitrogens with one attached hydrogen (secondary N) is 2. The van der Waals surface area contributed by atoms with E-state index in [1.807, 2.05) is 6.92 Å². The molecule has 6 nitrogen and oxygen atoms in total. The van der Waals surface area contributed by atoms with Crippen LogP contribution in [-0.2, 0) is 16.4 Å². The molecule has 0 saturated carbocycles. The molecule has 2 rings (SSSR count). The Morgan fingerprint density at radius 3 is 2.60 bits per heavy atom. The van der Waals surface area contributed by atoms with Crippen molar-refractivity contribution in [3.05, 3.63) is 35.6 Å². The number of benzene rings is 1. The van der Waals surface area contributed by atoms with Gasteiger partial charge in [0.25, 0.3) is 0 Å². The van der Waals surface area contributed by atoms with Crippen LogP contribution in [-0.4, -0.2) is 50.2 Å². The van der Waals surface area contributed by atoms with E-state index in [1.54, 1.807) is 18.2 Å². The molecule has 0 spiro atoms. The number of rotatable bonds is 7. The number of carbonyl (C=O) groups excluding carboxylic acids is 1. The summed E-state index contributed by atoms with van der Waals surface area (Å²) in [6, 6.07) is 6.15. The van der Waals surface area contributed by atoms with Crippen molar-refractivity contribution >= 4 is 16.1 Å². The summed E-state index contributed by atoms with van der Waals surface area (Å²) in [4.78, 5) is 11.9. The van der Waals surface area contributed by atoms with Crippen molar-refractivity contribution < 1.29 is 17.6 Å². The van der Waals surface area contributed by atoms with E-state index in [2.05, 4.69) is 10.6 Å². The fraction of sp³-hybridized carbons (Fsp3) is 0.588. The van der Waals surface area contributed by atoms with E-state index in [1.165, 1.54) is 10.4 Å². The predicted molar refractivity (Wildman–Crippen MR) is 95.3 cm³/mol. The van der Waals surface area contributed by atoms with Gasteiger partial charge >= 0.3 is 6.03 Å². The quantitative estimate of drug-likeness (QED) is 0.768. The lowest BCUT2D eigenvalue weighted by Gasteiger charge is -2.31. The highest BCUT2D eigenvalue weighted by atomic mass is 32.2. The maximum Gasteiger partial charge on any atom is 0.315 e. The molecular formula is C17H26FN3O3S. The number of halogens is 1. The van der Waals surface area contributed by atoms with Gasteiger partial charge in [-0.3, -0.25) is 0 Å². The topological polar surface area (TPSA) is 78.5 Å². The third-order valence-electron chi connectivity index (χ3n) is 4.28. The Labute approximate surface area is 148 Å². The molecule has 140 valence electrons. The summed E-state index contributed by atoms with van der Waals surface area (Å²) in [6.45, 7) is 3.05. The summed E-state index contributed by atoms with van der Waals surface area (Å²) in [5.41, 5.74) is 0.567. The van der Waals surface area contributed by atoms with Crippen molar-refractivity contribution in [1.29, 1.82) is 0 Å². The lowest BCUT2D eigenvalue weighted by atomic mass is 10.1. The monoisotopic (exact) mass is 371 g/mol. The largest absolute Gasteiger partial charge is 0.338 e. The summed E-state index contributed by atoms with van der Waals surface area (Å²) in [6.07, 6.45) is 2.23. The van der Waals surface area contributed by atoms with Gasteiger partial charge in [-0.1, -0.05) is 25.1 Å². The second kappa shape index (κ2) is 9.15. The van der Waals surface area contributed by atoms with Gasteiger partial charge in [0.05, 0.1) is 5.75 Å². The van der Waals surface area contributed by atoms with Gasteiger partial charge in [0.1, 0.15) is 5.82 Å². The van der Waals surface area contributed by atoms with Gasteiger partial charge in [0.2, 0.25) is 10.0 Å². The van der Waals surface area contributed by atoms with E-state index in [0.29, 0.717) is 50.9 Å². The number of hydrogen-bond acceptors (Lipinski definition) is 3. The Bertz CT molecular complexity index is 673. The lowest BCUT2D eigenvalue weighted by molar-refractivity contribution is 0.227. The average Bonchev–Trinajstić information content (AvgIpc) is 2.57. The van der Waals surface area contributed by atoms with E-state index < -0.39 is 10.0 Å². The van der Waals surface area contributed by atoms with Crippen LogP contribution in [0.1, 0.15) is 31.7 Å². The smallest absolute Gasteiger partial charge is 0.315 e. The van der Waals surface area contributed by atoms with E-state index >= 15 is 0 Å².